The van der Waals surface area contributed by atoms with Crippen molar-refractivity contribution in [3.05, 3.63) is 76.9 Å². The molecule has 0 aromatic heterocycles. The smallest absolute Gasteiger partial charge is 0.338 e. The Kier molecular flexibility index (Phi) is 5.74. The van der Waals surface area contributed by atoms with E-state index in [1.54, 1.807) is 43.3 Å². The molecule has 0 unspecified atom stereocenters. The minimum atomic E-state index is -0.727. The zero-order valence-corrected chi connectivity index (χ0v) is 15.5. The van der Waals surface area contributed by atoms with Crippen molar-refractivity contribution in [2.75, 3.05) is 13.7 Å². The summed E-state index contributed by atoms with van der Waals surface area (Å²) in [7, 11) is 1.30. The number of carbonyl (C=O) groups excluding carboxylic acids is 3. The Bertz CT molecular complexity index is 920. The lowest BCUT2D eigenvalue weighted by molar-refractivity contribution is -0.138. The zero-order valence-electron chi connectivity index (χ0n) is 15.5. The van der Waals surface area contributed by atoms with Gasteiger partial charge in [-0.25, -0.2) is 14.4 Å². The van der Waals surface area contributed by atoms with E-state index in [4.69, 9.17) is 9.47 Å². The van der Waals surface area contributed by atoms with Gasteiger partial charge in [-0.2, -0.15) is 0 Å². The second kappa shape index (κ2) is 8.39. The summed E-state index contributed by atoms with van der Waals surface area (Å²) in [5.74, 6) is -0.997. The number of hydrogen-bond donors (Lipinski definition) is 2. The van der Waals surface area contributed by atoms with Gasteiger partial charge < -0.3 is 20.1 Å². The molecule has 0 saturated heterocycles. The topological polar surface area (TPSA) is 93.7 Å². The summed E-state index contributed by atoms with van der Waals surface area (Å²) in [6.45, 7) is 1.92. The second-order valence-corrected chi connectivity index (χ2v) is 6.02. The molecular formula is C21H20N2O5. The predicted octanol–water partition coefficient (Wildman–Crippen LogP) is 2.80. The van der Waals surface area contributed by atoms with E-state index in [0.29, 0.717) is 28.0 Å². The van der Waals surface area contributed by atoms with Crippen molar-refractivity contribution in [3.8, 4) is 0 Å². The van der Waals surface area contributed by atoms with Crippen molar-refractivity contribution < 1.29 is 23.9 Å². The van der Waals surface area contributed by atoms with Crippen molar-refractivity contribution >= 4 is 23.7 Å². The van der Waals surface area contributed by atoms with Gasteiger partial charge in [-0.15, -0.1) is 0 Å². The van der Waals surface area contributed by atoms with Gasteiger partial charge in [0, 0.05) is 0 Å². The van der Waals surface area contributed by atoms with Gasteiger partial charge in [-0.05, 0) is 30.2 Å². The standard InChI is InChI=1S/C21H20N2O5/c1-3-28-20(25)16-17(13-7-5-4-6-8-13)22-21(26)23-18(16)14-9-11-15(12-10-14)19(24)27-2/h4-12,18H,3H2,1-2H3,(H2,22,23,26)/t18-/m0/s1. The third-order valence-electron chi connectivity index (χ3n) is 4.29. The van der Waals surface area contributed by atoms with Crippen LogP contribution >= 0.6 is 0 Å². The molecule has 0 fully saturated rings. The number of amides is 2. The molecule has 0 aliphatic carbocycles. The fraction of sp³-hybridized carbons (Fsp3) is 0.190. The summed E-state index contributed by atoms with van der Waals surface area (Å²) < 4.78 is 9.94. The molecule has 0 spiro atoms. The molecule has 2 amide bonds. The quantitative estimate of drug-likeness (QED) is 0.778. The molecule has 3 rings (SSSR count). The minimum absolute atomic E-state index is 0.201. The number of rotatable bonds is 5. The third-order valence-corrected chi connectivity index (χ3v) is 4.29. The van der Waals surface area contributed by atoms with Gasteiger partial charge >= 0.3 is 18.0 Å². The summed E-state index contributed by atoms with van der Waals surface area (Å²) >= 11 is 0. The monoisotopic (exact) mass is 380 g/mol. The average Bonchev–Trinajstić information content (AvgIpc) is 2.73. The van der Waals surface area contributed by atoms with Gasteiger partial charge in [0.25, 0.3) is 0 Å². The lowest BCUT2D eigenvalue weighted by atomic mass is 9.92. The molecule has 7 nitrogen and oxygen atoms in total. The first kappa shape index (κ1) is 19.2. The normalized spacial score (nSPS) is 16.1. The maximum absolute atomic E-state index is 12.7. The summed E-state index contributed by atoms with van der Waals surface area (Å²) in [5, 5.41) is 5.47. The van der Waals surface area contributed by atoms with E-state index < -0.39 is 24.0 Å². The second-order valence-electron chi connectivity index (χ2n) is 6.02. The Morgan fingerprint density at radius 3 is 2.29 bits per heavy atom. The van der Waals surface area contributed by atoms with Crippen molar-refractivity contribution in [1.29, 1.82) is 0 Å². The molecule has 1 aliphatic heterocycles. The van der Waals surface area contributed by atoms with Crippen LogP contribution in [0.5, 0.6) is 0 Å². The number of urea groups is 1. The number of benzene rings is 2. The summed E-state index contributed by atoms with van der Waals surface area (Å²) in [6.07, 6.45) is 0. The highest BCUT2D eigenvalue weighted by Crippen LogP contribution is 2.32. The van der Waals surface area contributed by atoms with Crippen LogP contribution in [0.1, 0.15) is 34.5 Å². The lowest BCUT2D eigenvalue weighted by Gasteiger charge is -2.29. The molecule has 2 aromatic rings. The molecule has 0 saturated carbocycles. The van der Waals surface area contributed by atoms with Crippen LogP contribution in [0, 0.1) is 0 Å². The van der Waals surface area contributed by atoms with Gasteiger partial charge in [0.05, 0.1) is 36.6 Å². The van der Waals surface area contributed by atoms with E-state index in [-0.39, 0.29) is 6.61 Å². The maximum Gasteiger partial charge on any atom is 0.338 e. The van der Waals surface area contributed by atoms with Crippen LogP contribution in [0.4, 0.5) is 4.79 Å². The first-order valence-electron chi connectivity index (χ1n) is 8.77. The van der Waals surface area contributed by atoms with E-state index >= 15 is 0 Å². The fourth-order valence-electron chi connectivity index (χ4n) is 3.01. The van der Waals surface area contributed by atoms with Crippen LogP contribution in [-0.2, 0) is 14.3 Å². The maximum atomic E-state index is 12.7. The molecule has 28 heavy (non-hydrogen) atoms. The van der Waals surface area contributed by atoms with Gasteiger partial charge in [0.1, 0.15) is 0 Å². The first-order chi connectivity index (χ1) is 13.5. The Hall–Kier alpha value is -3.61. The highest BCUT2D eigenvalue weighted by atomic mass is 16.5. The lowest BCUT2D eigenvalue weighted by Crippen LogP contribution is -2.45. The Morgan fingerprint density at radius 1 is 1.00 bits per heavy atom. The molecule has 2 N–H and O–H groups in total. The van der Waals surface area contributed by atoms with Gasteiger partial charge in [0.15, 0.2) is 0 Å². The number of nitrogens with one attached hydrogen (secondary N) is 2. The number of carbonyl (C=O) groups is 3. The number of esters is 2. The molecule has 144 valence electrons. The number of ether oxygens (including phenoxy) is 2. The minimum Gasteiger partial charge on any atom is -0.465 e. The molecular weight excluding hydrogens is 360 g/mol. The van der Waals surface area contributed by atoms with Gasteiger partial charge in [0.2, 0.25) is 0 Å². The Labute approximate surface area is 162 Å². The van der Waals surface area contributed by atoms with E-state index in [1.165, 1.54) is 7.11 Å². The van der Waals surface area contributed by atoms with E-state index in [0.717, 1.165) is 0 Å². The highest BCUT2D eigenvalue weighted by Gasteiger charge is 2.34. The molecule has 1 aliphatic rings. The predicted molar refractivity (Wildman–Crippen MR) is 102 cm³/mol. The molecule has 0 radical (unpaired) electrons. The van der Waals surface area contributed by atoms with Crippen LogP contribution in [0.15, 0.2) is 60.2 Å². The Morgan fingerprint density at radius 2 is 1.68 bits per heavy atom. The van der Waals surface area contributed by atoms with E-state index in [2.05, 4.69) is 10.6 Å². The van der Waals surface area contributed by atoms with Crippen LogP contribution in [0.2, 0.25) is 0 Å². The third kappa shape index (κ3) is 3.88. The molecule has 0 bridgehead atoms. The van der Waals surface area contributed by atoms with E-state index in [1.807, 2.05) is 18.2 Å². The van der Waals surface area contributed by atoms with E-state index in [9.17, 15) is 14.4 Å². The molecule has 1 atom stereocenters. The number of hydrogen-bond acceptors (Lipinski definition) is 5. The first-order valence-corrected chi connectivity index (χ1v) is 8.77. The van der Waals surface area contributed by atoms with Crippen LogP contribution < -0.4 is 10.6 Å². The van der Waals surface area contributed by atoms with Crippen molar-refractivity contribution in [2.24, 2.45) is 0 Å². The van der Waals surface area contributed by atoms with Crippen molar-refractivity contribution in [2.45, 2.75) is 13.0 Å². The van der Waals surface area contributed by atoms with Crippen LogP contribution in [-0.4, -0.2) is 31.7 Å². The highest BCUT2D eigenvalue weighted by molar-refractivity contribution is 6.04. The van der Waals surface area contributed by atoms with Gasteiger partial charge in [-0.1, -0.05) is 42.5 Å². The summed E-state index contributed by atoms with van der Waals surface area (Å²) in [5.41, 5.74) is 2.38. The van der Waals surface area contributed by atoms with Crippen LogP contribution in [0.3, 0.4) is 0 Å². The van der Waals surface area contributed by atoms with Gasteiger partial charge in [-0.3, -0.25) is 0 Å². The van der Waals surface area contributed by atoms with Crippen molar-refractivity contribution in [3.63, 3.8) is 0 Å². The molecule has 7 heteroatoms. The molecule has 1 heterocycles. The molecule has 2 aromatic carbocycles. The SMILES string of the molecule is CCOC(=O)C1=C(c2ccccc2)NC(=O)N[C@H]1c1ccc(C(=O)OC)cc1. The fourth-order valence-corrected chi connectivity index (χ4v) is 3.01. The van der Waals surface area contributed by atoms with Crippen molar-refractivity contribution in [1.82, 2.24) is 10.6 Å². The van der Waals surface area contributed by atoms with Crippen LogP contribution in [0.25, 0.3) is 5.70 Å². The Balaban J connectivity index is 2.10. The number of methoxy groups -OCH3 is 1. The average molecular weight is 380 g/mol. The summed E-state index contributed by atoms with van der Waals surface area (Å²) in [4.78, 5) is 36.7. The largest absolute Gasteiger partial charge is 0.465 e. The zero-order chi connectivity index (χ0) is 20.1. The summed E-state index contributed by atoms with van der Waals surface area (Å²) in [6, 6.07) is 14.4.